The van der Waals surface area contributed by atoms with Crippen molar-refractivity contribution in [3.63, 3.8) is 0 Å². The molecular formula is C13H20Cl2FNO2. The Labute approximate surface area is 124 Å². The summed E-state index contributed by atoms with van der Waals surface area (Å²) in [4.78, 5) is 0. The smallest absolute Gasteiger partial charge is 0.173 e. The van der Waals surface area contributed by atoms with Crippen molar-refractivity contribution in [2.75, 3.05) is 6.61 Å². The van der Waals surface area contributed by atoms with Gasteiger partial charge in [-0.25, -0.2) is 4.39 Å². The Morgan fingerprint density at radius 2 is 2.05 bits per heavy atom. The van der Waals surface area contributed by atoms with Gasteiger partial charge in [0.25, 0.3) is 0 Å². The second-order valence-corrected chi connectivity index (χ2v) is 4.54. The zero-order valence-electron chi connectivity index (χ0n) is 11.0. The highest BCUT2D eigenvalue weighted by molar-refractivity contribution is 6.32. The fourth-order valence-electron chi connectivity index (χ4n) is 1.75. The molecule has 0 aliphatic rings. The molecule has 1 rings (SSSR count). The summed E-state index contributed by atoms with van der Waals surface area (Å²) in [6.45, 7) is 4.03. The molecule has 6 heteroatoms. The van der Waals surface area contributed by atoms with E-state index in [9.17, 15) is 9.50 Å². The van der Waals surface area contributed by atoms with Gasteiger partial charge in [0.05, 0.1) is 23.8 Å². The topological polar surface area (TPSA) is 55.5 Å². The Hall–Kier alpha value is -0.550. The maximum Gasteiger partial charge on any atom is 0.173 e. The molecule has 110 valence electrons. The molecule has 0 fully saturated rings. The second kappa shape index (κ2) is 8.59. The third-order valence-corrected chi connectivity index (χ3v) is 2.97. The van der Waals surface area contributed by atoms with E-state index in [4.69, 9.17) is 22.1 Å². The Morgan fingerprint density at radius 1 is 1.42 bits per heavy atom. The second-order valence-electron chi connectivity index (χ2n) is 4.13. The molecule has 2 atom stereocenters. The number of hydrogen-bond donors (Lipinski definition) is 2. The van der Waals surface area contributed by atoms with Gasteiger partial charge in [0.15, 0.2) is 11.6 Å². The standard InChI is InChI=1S/C13H19ClFNO2.ClH/c1-3-5-11(17)12(16)8-6-9(14)13(18-4-2)10(15)7-8;/h6-7,11-12,17H,3-5,16H2,1-2H3;1H/t11-,12+;/m1./s1. The first-order valence-corrected chi connectivity index (χ1v) is 6.44. The summed E-state index contributed by atoms with van der Waals surface area (Å²) in [6.07, 6.45) is 0.666. The average molecular weight is 312 g/mol. The number of benzene rings is 1. The Kier molecular flexibility index (Phi) is 8.34. The van der Waals surface area contributed by atoms with Crippen LogP contribution in [-0.2, 0) is 0 Å². The van der Waals surface area contributed by atoms with E-state index in [1.54, 1.807) is 13.0 Å². The van der Waals surface area contributed by atoms with E-state index in [1.807, 2.05) is 6.92 Å². The predicted octanol–water partition coefficient (Wildman–Crippen LogP) is 3.46. The van der Waals surface area contributed by atoms with Crippen LogP contribution < -0.4 is 10.5 Å². The summed E-state index contributed by atoms with van der Waals surface area (Å²) in [6, 6.07) is 2.16. The molecule has 0 saturated heterocycles. The number of hydrogen-bond acceptors (Lipinski definition) is 3. The van der Waals surface area contributed by atoms with Gasteiger partial charge in [-0.15, -0.1) is 12.4 Å². The molecule has 0 amide bonds. The number of aliphatic hydroxyl groups is 1. The van der Waals surface area contributed by atoms with Gasteiger partial charge in [0.2, 0.25) is 0 Å². The van der Waals surface area contributed by atoms with E-state index < -0.39 is 18.0 Å². The third-order valence-electron chi connectivity index (χ3n) is 2.69. The van der Waals surface area contributed by atoms with E-state index in [1.165, 1.54) is 6.07 Å². The van der Waals surface area contributed by atoms with Crippen LogP contribution in [0, 0.1) is 5.82 Å². The van der Waals surface area contributed by atoms with Gasteiger partial charge in [-0.05, 0) is 31.0 Å². The van der Waals surface area contributed by atoms with E-state index in [-0.39, 0.29) is 23.2 Å². The zero-order chi connectivity index (χ0) is 13.7. The molecule has 3 nitrogen and oxygen atoms in total. The maximum atomic E-state index is 13.8. The normalized spacial score (nSPS) is 13.6. The Morgan fingerprint density at radius 3 is 2.53 bits per heavy atom. The van der Waals surface area contributed by atoms with Crippen molar-refractivity contribution in [3.8, 4) is 5.75 Å². The van der Waals surface area contributed by atoms with Gasteiger partial charge in [-0.3, -0.25) is 0 Å². The number of rotatable bonds is 6. The highest BCUT2D eigenvalue weighted by atomic mass is 35.5. The van der Waals surface area contributed by atoms with Gasteiger partial charge in [-0.2, -0.15) is 0 Å². The Balaban J connectivity index is 0.00000324. The summed E-state index contributed by atoms with van der Waals surface area (Å²) in [5.74, 6) is -0.529. The van der Waals surface area contributed by atoms with Gasteiger partial charge in [0.1, 0.15) is 0 Å². The van der Waals surface area contributed by atoms with Crippen LogP contribution in [0.4, 0.5) is 4.39 Å². The van der Waals surface area contributed by atoms with Crippen molar-refractivity contribution in [3.05, 3.63) is 28.5 Å². The van der Waals surface area contributed by atoms with Crippen molar-refractivity contribution in [1.29, 1.82) is 0 Å². The molecule has 0 radical (unpaired) electrons. The lowest BCUT2D eigenvalue weighted by Crippen LogP contribution is -2.26. The minimum Gasteiger partial charge on any atom is -0.489 e. The van der Waals surface area contributed by atoms with Crippen LogP contribution in [0.1, 0.15) is 38.3 Å². The summed E-state index contributed by atoms with van der Waals surface area (Å²) < 4.78 is 18.9. The largest absolute Gasteiger partial charge is 0.489 e. The van der Waals surface area contributed by atoms with E-state index in [0.717, 1.165) is 6.42 Å². The fourth-order valence-corrected chi connectivity index (χ4v) is 2.02. The molecule has 0 bridgehead atoms. The molecule has 0 aliphatic carbocycles. The summed E-state index contributed by atoms with van der Waals surface area (Å²) >= 11 is 5.94. The summed E-state index contributed by atoms with van der Waals surface area (Å²) in [5, 5.41) is 9.98. The molecular weight excluding hydrogens is 292 g/mol. The monoisotopic (exact) mass is 311 g/mol. The first-order valence-electron chi connectivity index (χ1n) is 6.06. The molecule has 0 spiro atoms. The quantitative estimate of drug-likeness (QED) is 0.846. The lowest BCUT2D eigenvalue weighted by atomic mass is 9.99. The van der Waals surface area contributed by atoms with Crippen LogP contribution in [0.25, 0.3) is 0 Å². The lowest BCUT2D eigenvalue weighted by Gasteiger charge is -2.19. The minimum atomic E-state index is -0.705. The number of ether oxygens (including phenoxy) is 1. The van der Waals surface area contributed by atoms with Crippen LogP contribution in [0.2, 0.25) is 5.02 Å². The minimum absolute atomic E-state index is 0. The first kappa shape index (κ1) is 18.4. The molecule has 0 saturated carbocycles. The van der Waals surface area contributed by atoms with Crippen LogP contribution in [0.3, 0.4) is 0 Å². The fraction of sp³-hybridized carbons (Fsp3) is 0.538. The van der Waals surface area contributed by atoms with Gasteiger partial charge >= 0.3 is 0 Å². The molecule has 0 unspecified atom stereocenters. The number of aliphatic hydroxyl groups excluding tert-OH is 1. The summed E-state index contributed by atoms with van der Waals surface area (Å²) in [5.41, 5.74) is 6.34. The molecule has 1 aromatic carbocycles. The zero-order valence-corrected chi connectivity index (χ0v) is 12.6. The van der Waals surface area contributed by atoms with Crippen molar-refractivity contribution >= 4 is 24.0 Å². The highest BCUT2D eigenvalue weighted by Crippen LogP contribution is 2.32. The summed E-state index contributed by atoms with van der Waals surface area (Å²) in [7, 11) is 0. The van der Waals surface area contributed by atoms with Crippen LogP contribution in [0.5, 0.6) is 5.75 Å². The third kappa shape index (κ3) is 4.80. The van der Waals surface area contributed by atoms with Crippen LogP contribution in [0.15, 0.2) is 12.1 Å². The lowest BCUT2D eigenvalue weighted by molar-refractivity contribution is 0.134. The van der Waals surface area contributed by atoms with E-state index in [2.05, 4.69) is 0 Å². The molecule has 0 aromatic heterocycles. The van der Waals surface area contributed by atoms with Crippen molar-refractivity contribution < 1.29 is 14.2 Å². The van der Waals surface area contributed by atoms with Gasteiger partial charge in [-0.1, -0.05) is 24.9 Å². The molecule has 19 heavy (non-hydrogen) atoms. The van der Waals surface area contributed by atoms with Crippen molar-refractivity contribution in [2.24, 2.45) is 5.73 Å². The molecule has 1 aromatic rings. The Bertz CT molecular complexity index is 381. The molecule has 3 N–H and O–H groups in total. The maximum absolute atomic E-state index is 13.8. The highest BCUT2D eigenvalue weighted by Gasteiger charge is 2.19. The van der Waals surface area contributed by atoms with Crippen molar-refractivity contribution in [2.45, 2.75) is 38.8 Å². The molecule has 0 aliphatic heterocycles. The van der Waals surface area contributed by atoms with E-state index in [0.29, 0.717) is 18.6 Å². The van der Waals surface area contributed by atoms with E-state index >= 15 is 0 Å². The SMILES string of the molecule is CCC[C@@H](O)[C@@H](N)c1cc(F)c(OCC)c(Cl)c1.Cl. The van der Waals surface area contributed by atoms with Gasteiger partial charge < -0.3 is 15.6 Å². The number of nitrogens with two attached hydrogens (primary N) is 1. The van der Waals surface area contributed by atoms with Crippen LogP contribution in [-0.4, -0.2) is 17.8 Å². The predicted molar refractivity (Wildman–Crippen MR) is 77.7 cm³/mol. The van der Waals surface area contributed by atoms with Gasteiger partial charge in [0, 0.05) is 0 Å². The number of halogens is 3. The average Bonchev–Trinajstić information content (AvgIpc) is 2.33. The first-order chi connectivity index (χ1) is 8.51. The van der Waals surface area contributed by atoms with Crippen LogP contribution >= 0.6 is 24.0 Å². The molecule has 0 heterocycles. The van der Waals surface area contributed by atoms with Crippen molar-refractivity contribution in [1.82, 2.24) is 0 Å².